The van der Waals surface area contributed by atoms with Crippen molar-refractivity contribution >= 4 is 17.3 Å². The van der Waals surface area contributed by atoms with Crippen LogP contribution in [-0.2, 0) is 4.79 Å². The van der Waals surface area contributed by atoms with E-state index >= 15 is 0 Å². The fourth-order valence-corrected chi connectivity index (χ4v) is 1.78. The highest BCUT2D eigenvalue weighted by molar-refractivity contribution is 6.23. The average Bonchev–Trinajstić information content (AvgIpc) is 2.63. The number of benzene rings is 1. The predicted octanol–water partition coefficient (Wildman–Crippen LogP) is 1.75. The summed E-state index contributed by atoms with van der Waals surface area (Å²) in [5, 5.41) is 2.57. The molecule has 0 fully saturated rings. The molecule has 0 saturated carbocycles. The second-order valence-corrected chi connectivity index (χ2v) is 3.67. The Balaban J connectivity index is 2.50. The molecule has 1 amide bonds. The van der Waals surface area contributed by atoms with Gasteiger partial charge in [-0.3, -0.25) is 9.59 Å². The van der Waals surface area contributed by atoms with Gasteiger partial charge >= 0.3 is 0 Å². The van der Waals surface area contributed by atoms with E-state index in [9.17, 15) is 9.59 Å². The van der Waals surface area contributed by atoms with Crippen molar-refractivity contribution in [2.45, 2.75) is 13.3 Å². The first kappa shape index (κ1) is 11.2. The number of amides is 1. The Hall–Kier alpha value is -2.34. The van der Waals surface area contributed by atoms with Gasteiger partial charge in [0.1, 0.15) is 5.70 Å². The van der Waals surface area contributed by atoms with Crippen molar-refractivity contribution in [3.8, 4) is 12.3 Å². The normalized spacial score (nSPS) is 13.3. The Morgan fingerprint density at radius 2 is 2.00 bits per heavy atom. The number of fused-ring (bicyclic) bond motifs is 1. The lowest BCUT2D eigenvalue weighted by Crippen LogP contribution is -2.25. The number of carbonyl (C=O) groups is 2. The summed E-state index contributed by atoms with van der Waals surface area (Å²) in [6, 6.07) is 7.08. The summed E-state index contributed by atoms with van der Waals surface area (Å²) < 4.78 is 0. The monoisotopic (exact) mass is 225 g/mol. The molecular formula is C14H11NO2. The molecule has 0 radical (unpaired) electrons. The molecule has 84 valence electrons. The van der Waals surface area contributed by atoms with Crippen LogP contribution in [-0.4, -0.2) is 11.7 Å². The molecule has 0 heterocycles. The number of hydrogen-bond acceptors (Lipinski definition) is 2. The van der Waals surface area contributed by atoms with Crippen molar-refractivity contribution in [2.24, 2.45) is 0 Å². The molecule has 17 heavy (non-hydrogen) atoms. The number of Topliss-reactive ketones (excluding diaryl/α,β-unsaturated/α-hetero) is 1. The minimum Gasteiger partial charge on any atom is -0.322 e. The molecule has 0 aliphatic heterocycles. The molecule has 0 bridgehead atoms. The molecule has 0 aromatic heterocycles. The van der Waals surface area contributed by atoms with Crippen molar-refractivity contribution in [1.29, 1.82) is 0 Å². The lowest BCUT2D eigenvalue weighted by molar-refractivity contribution is -0.120. The summed E-state index contributed by atoms with van der Waals surface area (Å²) in [7, 11) is 0. The third kappa shape index (κ3) is 1.74. The number of hydrogen-bond donors (Lipinski definition) is 1. The third-order valence-electron chi connectivity index (χ3n) is 2.65. The van der Waals surface area contributed by atoms with Gasteiger partial charge in [-0.05, 0) is 0 Å². The largest absolute Gasteiger partial charge is 0.322 e. The first-order valence-electron chi connectivity index (χ1n) is 5.33. The van der Waals surface area contributed by atoms with Crippen LogP contribution in [0.2, 0.25) is 0 Å². The summed E-state index contributed by atoms with van der Waals surface area (Å²) in [6.45, 7) is 1.72. The Bertz CT molecular complexity index is 576. The highest BCUT2D eigenvalue weighted by Gasteiger charge is 2.29. The Morgan fingerprint density at radius 3 is 2.59 bits per heavy atom. The molecule has 1 N–H and O–H groups in total. The Morgan fingerprint density at radius 1 is 1.35 bits per heavy atom. The van der Waals surface area contributed by atoms with Gasteiger partial charge in [0.15, 0.2) is 0 Å². The molecular weight excluding hydrogens is 214 g/mol. The van der Waals surface area contributed by atoms with Crippen molar-refractivity contribution in [1.82, 2.24) is 5.32 Å². The minimum atomic E-state index is -0.214. The Labute approximate surface area is 99.5 Å². The van der Waals surface area contributed by atoms with Crippen LogP contribution in [0.1, 0.15) is 29.3 Å². The van der Waals surface area contributed by atoms with Crippen molar-refractivity contribution in [3.05, 3.63) is 41.1 Å². The van der Waals surface area contributed by atoms with Gasteiger partial charge in [-0.1, -0.05) is 37.1 Å². The molecule has 0 unspecified atom stereocenters. The number of ketones is 1. The minimum absolute atomic E-state index is 0.213. The van der Waals surface area contributed by atoms with E-state index in [1.807, 2.05) is 6.07 Å². The molecule has 0 saturated heterocycles. The predicted molar refractivity (Wildman–Crippen MR) is 65.0 cm³/mol. The quantitative estimate of drug-likeness (QED) is 0.779. The zero-order valence-corrected chi connectivity index (χ0v) is 9.41. The molecule has 1 aliphatic carbocycles. The number of carbonyl (C=O) groups excluding carboxylic acids is 2. The van der Waals surface area contributed by atoms with Gasteiger partial charge in [0, 0.05) is 17.5 Å². The van der Waals surface area contributed by atoms with Crippen LogP contribution >= 0.6 is 0 Å². The number of terminal acetylenes is 1. The number of allylic oxidation sites excluding steroid dienone is 2. The molecule has 3 nitrogen and oxygen atoms in total. The van der Waals surface area contributed by atoms with Crippen LogP contribution in [0.25, 0.3) is 5.57 Å². The van der Waals surface area contributed by atoms with E-state index in [1.54, 1.807) is 25.1 Å². The van der Waals surface area contributed by atoms with Crippen LogP contribution in [0, 0.1) is 12.3 Å². The average molecular weight is 225 g/mol. The lowest BCUT2D eigenvalue weighted by atomic mass is 10.1. The van der Waals surface area contributed by atoms with Crippen molar-refractivity contribution < 1.29 is 9.59 Å². The van der Waals surface area contributed by atoms with Crippen LogP contribution < -0.4 is 5.32 Å². The number of rotatable bonds is 2. The molecule has 2 rings (SSSR count). The first-order chi connectivity index (χ1) is 8.19. The summed E-state index contributed by atoms with van der Waals surface area (Å²) >= 11 is 0. The summed E-state index contributed by atoms with van der Waals surface area (Å²) in [6.07, 6.45) is 5.72. The smallest absolute Gasteiger partial charge is 0.224 e. The second-order valence-electron chi connectivity index (χ2n) is 3.67. The van der Waals surface area contributed by atoms with E-state index in [-0.39, 0.29) is 17.4 Å². The summed E-state index contributed by atoms with van der Waals surface area (Å²) in [5.74, 6) is 2.05. The molecule has 1 aliphatic rings. The van der Waals surface area contributed by atoms with Gasteiger partial charge in [-0.25, -0.2) is 0 Å². The van der Waals surface area contributed by atoms with Gasteiger partial charge in [-0.15, -0.1) is 6.42 Å². The van der Waals surface area contributed by atoms with Gasteiger partial charge < -0.3 is 5.32 Å². The SMILES string of the molecule is C#CC1=C(NC(=O)CC)C(=O)c2ccccc21. The van der Waals surface area contributed by atoms with Crippen LogP contribution in [0.15, 0.2) is 30.0 Å². The number of nitrogens with one attached hydrogen (secondary N) is 1. The van der Waals surface area contributed by atoms with Crippen LogP contribution in [0.3, 0.4) is 0 Å². The molecule has 3 heteroatoms. The highest BCUT2D eigenvalue weighted by Crippen LogP contribution is 2.30. The Kier molecular flexibility index (Phi) is 2.80. The maximum absolute atomic E-state index is 12.0. The van der Waals surface area contributed by atoms with Crippen LogP contribution in [0.5, 0.6) is 0 Å². The molecule has 1 aromatic rings. The second kappa shape index (κ2) is 4.26. The molecule has 1 aromatic carbocycles. The zero-order valence-electron chi connectivity index (χ0n) is 9.41. The standard InChI is InChI=1S/C14H11NO2/c1-3-9-10-7-5-6-8-11(10)14(17)13(9)15-12(16)4-2/h1,5-8H,4H2,2H3,(H,15,16,17). The van der Waals surface area contributed by atoms with E-state index in [0.717, 1.165) is 0 Å². The van der Waals surface area contributed by atoms with E-state index in [2.05, 4.69) is 11.2 Å². The van der Waals surface area contributed by atoms with E-state index in [4.69, 9.17) is 6.42 Å². The van der Waals surface area contributed by atoms with E-state index < -0.39 is 0 Å². The van der Waals surface area contributed by atoms with Gasteiger partial charge in [0.25, 0.3) is 0 Å². The van der Waals surface area contributed by atoms with Gasteiger partial charge in [-0.2, -0.15) is 0 Å². The first-order valence-corrected chi connectivity index (χ1v) is 5.33. The third-order valence-corrected chi connectivity index (χ3v) is 2.65. The topological polar surface area (TPSA) is 46.2 Å². The van der Waals surface area contributed by atoms with E-state index in [0.29, 0.717) is 23.1 Å². The maximum atomic E-state index is 12.0. The summed E-state index contributed by atoms with van der Waals surface area (Å²) in [5.41, 5.74) is 1.95. The van der Waals surface area contributed by atoms with Crippen molar-refractivity contribution in [2.75, 3.05) is 0 Å². The highest BCUT2D eigenvalue weighted by atomic mass is 16.2. The van der Waals surface area contributed by atoms with Gasteiger partial charge in [0.05, 0.1) is 5.57 Å². The summed E-state index contributed by atoms with van der Waals surface area (Å²) in [4.78, 5) is 23.4. The maximum Gasteiger partial charge on any atom is 0.224 e. The van der Waals surface area contributed by atoms with Crippen molar-refractivity contribution in [3.63, 3.8) is 0 Å². The molecule has 0 spiro atoms. The lowest BCUT2D eigenvalue weighted by Gasteiger charge is -2.03. The fraction of sp³-hybridized carbons (Fsp3) is 0.143. The van der Waals surface area contributed by atoms with E-state index in [1.165, 1.54) is 0 Å². The fourth-order valence-electron chi connectivity index (χ4n) is 1.78. The zero-order chi connectivity index (χ0) is 12.4. The van der Waals surface area contributed by atoms with Gasteiger partial charge in [0.2, 0.25) is 11.7 Å². The van der Waals surface area contributed by atoms with Crippen LogP contribution in [0.4, 0.5) is 0 Å². The molecule has 0 atom stereocenters.